The van der Waals surface area contributed by atoms with Crippen molar-refractivity contribution in [3.63, 3.8) is 0 Å². The molecule has 0 unspecified atom stereocenters. The lowest BCUT2D eigenvalue weighted by atomic mass is 9.70. The SMILES string of the molecule is COc1cc(C#N)c(OC2CCC(C)CC2)cc1C(=O)N[C@@H]1[C@@H]2CC[C@@H](C2)[C@@H]1C(=O)NCC1(C)CCC1. The molecule has 4 atom stereocenters. The summed E-state index contributed by atoms with van der Waals surface area (Å²) in [6.07, 6.45) is 10.8. The van der Waals surface area contributed by atoms with E-state index in [0.717, 1.165) is 57.8 Å². The zero-order chi connectivity index (χ0) is 26.2. The van der Waals surface area contributed by atoms with Crippen LogP contribution in [0.25, 0.3) is 0 Å². The van der Waals surface area contributed by atoms with E-state index in [4.69, 9.17) is 9.47 Å². The Morgan fingerprint density at radius 1 is 1.08 bits per heavy atom. The summed E-state index contributed by atoms with van der Waals surface area (Å²) >= 11 is 0. The maximum absolute atomic E-state index is 13.6. The molecule has 2 N–H and O–H groups in total. The van der Waals surface area contributed by atoms with Crippen LogP contribution in [0, 0.1) is 40.4 Å². The summed E-state index contributed by atoms with van der Waals surface area (Å²) in [4.78, 5) is 26.9. The van der Waals surface area contributed by atoms with E-state index in [1.165, 1.54) is 13.5 Å². The van der Waals surface area contributed by atoms with Gasteiger partial charge in [0.1, 0.15) is 17.6 Å². The lowest BCUT2D eigenvalue weighted by Gasteiger charge is -2.39. The molecular weight excluding hydrogens is 466 g/mol. The van der Waals surface area contributed by atoms with Crippen molar-refractivity contribution in [3.05, 3.63) is 23.3 Å². The van der Waals surface area contributed by atoms with Crippen molar-refractivity contribution in [3.8, 4) is 17.6 Å². The molecule has 1 aromatic rings. The van der Waals surface area contributed by atoms with E-state index in [1.54, 1.807) is 12.1 Å². The Kier molecular flexibility index (Phi) is 7.38. The third kappa shape index (κ3) is 5.30. The minimum absolute atomic E-state index is 0.0452. The topological polar surface area (TPSA) is 100 Å². The van der Waals surface area contributed by atoms with Gasteiger partial charge in [0.05, 0.1) is 30.3 Å². The van der Waals surface area contributed by atoms with Crippen molar-refractivity contribution < 1.29 is 19.1 Å². The quantitative estimate of drug-likeness (QED) is 0.517. The zero-order valence-electron chi connectivity index (χ0n) is 22.5. The Labute approximate surface area is 220 Å². The van der Waals surface area contributed by atoms with Crippen molar-refractivity contribution in [1.82, 2.24) is 10.6 Å². The summed E-state index contributed by atoms with van der Waals surface area (Å²) in [5.74, 6) is 1.71. The van der Waals surface area contributed by atoms with Crippen LogP contribution in [-0.4, -0.2) is 37.6 Å². The van der Waals surface area contributed by atoms with E-state index in [0.29, 0.717) is 46.9 Å². The number of nitrogens with one attached hydrogen (secondary N) is 2. The number of nitriles is 1. The van der Waals surface area contributed by atoms with E-state index >= 15 is 0 Å². The van der Waals surface area contributed by atoms with Gasteiger partial charge in [-0.1, -0.05) is 20.3 Å². The molecule has 0 heterocycles. The lowest BCUT2D eigenvalue weighted by molar-refractivity contribution is -0.128. The molecule has 5 rings (SSSR count). The highest BCUT2D eigenvalue weighted by atomic mass is 16.5. The molecule has 2 bridgehead atoms. The Balaban J connectivity index is 1.32. The van der Waals surface area contributed by atoms with Crippen molar-refractivity contribution in [1.29, 1.82) is 5.26 Å². The average Bonchev–Trinajstić information content (AvgIpc) is 3.49. The molecular formula is C30H41N3O4. The van der Waals surface area contributed by atoms with Gasteiger partial charge < -0.3 is 20.1 Å². The van der Waals surface area contributed by atoms with Crippen LogP contribution in [0.4, 0.5) is 0 Å². The molecule has 0 aliphatic heterocycles. The molecule has 4 aliphatic rings. The summed E-state index contributed by atoms with van der Waals surface area (Å²) in [5.41, 5.74) is 0.938. The molecule has 1 aromatic carbocycles. The monoisotopic (exact) mass is 507 g/mol. The minimum atomic E-state index is -0.273. The Hall–Kier alpha value is -2.75. The van der Waals surface area contributed by atoms with Crippen molar-refractivity contribution in [2.45, 2.75) is 90.2 Å². The van der Waals surface area contributed by atoms with Gasteiger partial charge >= 0.3 is 0 Å². The first-order valence-corrected chi connectivity index (χ1v) is 14.2. The highest BCUT2D eigenvalue weighted by Crippen LogP contribution is 2.49. The van der Waals surface area contributed by atoms with E-state index < -0.39 is 0 Å². The third-order valence-electron chi connectivity index (χ3n) is 9.69. The fourth-order valence-electron chi connectivity index (χ4n) is 7.10. The van der Waals surface area contributed by atoms with Crippen LogP contribution in [0.3, 0.4) is 0 Å². The number of benzene rings is 1. The average molecular weight is 508 g/mol. The van der Waals surface area contributed by atoms with Gasteiger partial charge in [-0.3, -0.25) is 9.59 Å². The summed E-state index contributed by atoms with van der Waals surface area (Å²) < 4.78 is 11.8. The van der Waals surface area contributed by atoms with Crippen LogP contribution in [0.5, 0.6) is 11.5 Å². The van der Waals surface area contributed by atoms with Crippen LogP contribution >= 0.6 is 0 Å². The van der Waals surface area contributed by atoms with Crippen LogP contribution in [-0.2, 0) is 4.79 Å². The first-order valence-electron chi connectivity index (χ1n) is 14.2. The Morgan fingerprint density at radius 3 is 2.46 bits per heavy atom. The fraction of sp³-hybridized carbons (Fsp3) is 0.700. The van der Waals surface area contributed by atoms with Gasteiger partial charge in [0.2, 0.25) is 5.91 Å². The maximum atomic E-state index is 13.6. The van der Waals surface area contributed by atoms with Gasteiger partial charge in [-0.15, -0.1) is 0 Å². The molecule has 4 fully saturated rings. The van der Waals surface area contributed by atoms with Gasteiger partial charge in [0, 0.05) is 18.7 Å². The number of ether oxygens (including phenoxy) is 2. The van der Waals surface area contributed by atoms with E-state index in [1.807, 2.05) is 0 Å². The molecule has 4 aliphatic carbocycles. The zero-order valence-corrected chi connectivity index (χ0v) is 22.5. The first-order chi connectivity index (χ1) is 17.8. The normalized spacial score (nSPS) is 31.6. The van der Waals surface area contributed by atoms with Crippen molar-refractivity contribution >= 4 is 11.8 Å². The number of hydrogen-bond acceptors (Lipinski definition) is 5. The third-order valence-corrected chi connectivity index (χ3v) is 9.69. The predicted octanol–water partition coefficient (Wildman–Crippen LogP) is 4.98. The number of methoxy groups -OCH3 is 1. The molecule has 0 aromatic heterocycles. The van der Waals surface area contributed by atoms with Gasteiger partial charge in [-0.05, 0) is 87.0 Å². The second kappa shape index (κ2) is 10.6. The number of carbonyl (C=O) groups is 2. The highest BCUT2D eigenvalue weighted by Gasteiger charge is 2.51. The van der Waals surface area contributed by atoms with Gasteiger partial charge in [0.25, 0.3) is 5.91 Å². The van der Waals surface area contributed by atoms with Gasteiger partial charge in [-0.2, -0.15) is 5.26 Å². The first kappa shape index (κ1) is 25.9. The summed E-state index contributed by atoms with van der Waals surface area (Å²) in [6.45, 7) is 5.20. The smallest absolute Gasteiger partial charge is 0.255 e. The van der Waals surface area contributed by atoms with Gasteiger partial charge in [0.15, 0.2) is 0 Å². The second-order valence-corrected chi connectivity index (χ2v) is 12.4. The Bertz CT molecular complexity index is 1070. The van der Waals surface area contributed by atoms with Crippen LogP contribution in [0.2, 0.25) is 0 Å². The molecule has 7 heteroatoms. The van der Waals surface area contributed by atoms with Gasteiger partial charge in [-0.25, -0.2) is 0 Å². The molecule has 4 saturated carbocycles. The largest absolute Gasteiger partial charge is 0.496 e. The molecule has 7 nitrogen and oxygen atoms in total. The van der Waals surface area contributed by atoms with Crippen molar-refractivity contribution in [2.75, 3.05) is 13.7 Å². The summed E-state index contributed by atoms with van der Waals surface area (Å²) in [5, 5.41) is 16.2. The lowest BCUT2D eigenvalue weighted by Crippen LogP contribution is -2.51. The minimum Gasteiger partial charge on any atom is -0.496 e. The number of fused-ring (bicyclic) bond motifs is 2. The number of rotatable bonds is 8. The molecule has 0 spiro atoms. The van der Waals surface area contributed by atoms with Crippen LogP contribution in [0.1, 0.15) is 94.0 Å². The van der Waals surface area contributed by atoms with Crippen molar-refractivity contribution in [2.24, 2.45) is 29.1 Å². The number of hydrogen-bond donors (Lipinski definition) is 2. The highest BCUT2D eigenvalue weighted by molar-refractivity contribution is 5.98. The Morgan fingerprint density at radius 2 is 1.81 bits per heavy atom. The molecule has 37 heavy (non-hydrogen) atoms. The summed E-state index contributed by atoms with van der Waals surface area (Å²) in [7, 11) is 1.51. The second-order valence-electron chi connectivity index (χ2n) is 12.4. The number of amides is 2. The molecule has 2 amide bonds. The number of nitrogens with zero attached hydrogens (tertiary/aromatic N) is 1. The van der Waals surface area contributed by atoms with E-state index in [2.05, 4.69) is 30.6 Å². The molecule has 0 radical (unpaired) electrons. The predicted molar refractivity (Wildman–Crippen MR) is 140 cm³/mol. The van der Waals surface area contributed by atoms with E-state index in [-0.39, 0.29) is 35.3 Å². The summed E-state index contributed by atoms with van der Waals surface area (Å²) in [6, 6.07) is 5.26. The number of carbonyl (C=O) groups excluding carboxylic acids is 2. The van der Waals surface area contributed by atoms with Crippen LogP contribution < -0.4 is 20.1 Å². The standard InChI is InChI=1S/C30H41N3O4/c1-18-5-9-22(10-6-18)37-24-15-23(25(36-3)14-21(24)16-31)28(34)33-27-20-8-7-19(13-20)26(27)29(35)32-17-30(2)11-4-12-30/h14-15,18-20,22,26-27H,4-13,17H2,1-3H3,(H,32,35)(H,33,34)/t18?,19-,20+,22?,26-,27+/m0/s1. The maximum Gasteiger partial charge on any atom is 0.255 e. The molecule has 0 saturated heterocycles. The fourth-order valence-corrected chi connectivity index (χ4v) is 7.10. The molecule has 200 valence electrons. The van der Waals surface area contributed by atoms with E-state index in [9.17, 15) is 14.9 Å². The van der Waals surface area contributed by atoms with Crippen LogP contribution in [0.15, 0.2) is 12.1 Å².